The number of hydrogen-bond acceptors (Lipinski definition) is 4. The molecule has 1 saturated heterocycles. The van der Waals surface area contributed by atoms with Crippen molar-refractivity contribution in [2.24, 2.45) is 0 Å². The van der Waals surface area contributed by atoms with Crippen molar-refractivity contribution >= 4 is 23.0 Å². The Morgan fingerprint density at radius 2 is 1.96 bits per heavy atom. The maximum atomic E-state index is 12.3. The van der Waals surface area contributed by atoms with Gasteiger partial charge in [0.1, 0.15) is 0 Å². The van der Waals surface area contributed by atoms with Gasteiger partial charge in [0.05, 0.1) is 5.57 Å². The van der Waals surface area contributed by atoms with Gasteiger partial charge >= 0.3 is 0 Å². The van der Waals surface area contributed by atoms with Crippen LogP contribution in [0.25, 0.3) is 5.57 Å². The van der Waals surface area contributed by atoms with Crippen LogP contribution >= 0.6 is 0 Å². The van der Waals surface area contributed by atoms with Crippen LogP contribution in [-0.2, 0) is 4.79 Å². The van der Waals surface area contributed by atoms with Crippen molar-refractivity contribution in [3.8, 4) is 0 Å². The molecule has 0 radical (unpaired) electrons. The molecule has 1 aromatic rings. The highest BCUT2D eigenvalue weighted by Gasteiger charge is 2.28. The van der Waals surface area contributed by atoms with Gasteiger partial charge < -0.3 is 15.5 Å². The molecule has 5 nitrogen and oxygen atoms in total. The molecule has 2 heterocycles. The summed E-state index contributed by atoms with van der Waals surface area (Å²) in [6.45, 7) is 5.62. The van der Waals surface area contributed by atoms with Gasteiger partial charge in [-0.25, -0.2) is 0 Å². The number of rotatable bonds is 3. The first-order valence-electron chi connectivity index (χ1n) is 8.08. The highest BCUT2D eigenvalue weighted by molar-refractivity contribution is 6.32. The number of allylic oxidation sites excluding steroid dienone is 1. The average Bonchev–Trinajstić information content (AvgIpc) is 2.84. The predicted octanol–water partition coefficient (Wildman–Crippen LogP) is 2.26. The van der Waals surface area contributed by atoms with Crippen molar-refractivity contribution in [2.45, 2.75) is 32.7 Å². The van der Waals surface area contributed by atoms with E-state index in [0.717, 1.165) is 42.9 Å². The molecule has 0 aliphatic carbocycles. The first kappa shape index (κ1) is 15.7. The number of anilines is 1. The third-order valence-electron chi connectivity index (χ3n) is 4.68. The third kappa shape index (κ3) is 3.15. The number of Topliss-reactive ketones (excluding diaryl/α,β-unsaturated/α-hetero) is 1. The van der Waals surface area contributed by atoms with Crippen LogP contribution in [0.4, 0.5) is 5.69 Å². The van der Waals surface area contributed by atoms with E-state index in [-0.39, 0.29) is 11.7 Å². The van der Waals surface area contributed by atoms with Crippen LogP contribution in [0, 0.1) is 0 Å². The van der Waals surface area contributed by atoms with Crippen LogP contribution in [0.2, 0.25) is 0 Å². The zero-order chi connectivity index (χ0) is 16.6. The van der Waals surface area contributed by atoms with Gasteiger partial charge in [0.2, 0.25) is 0 Å². The Morgan fingerprint density at radius 1 is 1.26 bits per heavy atom. The van der Waals surface area contributed by atoms with Crippen molar-refractivity contribution in [1.29, 1.82) is 0 Å². The van der Waals surface area contributed by atoms with Crippen molar-refractivity contribution in [3.05, 3.63) is 35.0 Å². The van der Waals surface area contributed by atoms with E-state index in [9.17, 15) is 9.59 Å². The monoisotopic (exact) mass is 313 g/mol. The molecule has 0 atom stereocenters. The molecule has 2 aliphatic heterocycles. The molecule has 1 aromatic carbocycles. The summed E-state index contributed by atoms with van der Waals surface area (Å²) in [5.74, 6) is -0.0916. The zero-order valence-corrected chi connectivity index (χ0v) is 13.9. The number of carbonyl (C=O) groups is 2. The first-order chi connectivity index (χ1) is 11.0. The van der Waals surface area contributed by atoms with E-state index in [1.807, 2.05) is 13.0 Å². The van der Waals surface area contributed by atoms with E-state index in [0.29, 0.717) is 17.2 Å². The summed E-state index contributed by atoms with van der Waals surface area (Å²) in [6, 6.07) is 5.76. The van der Waals surface area contributed by atoms with Crippen LogP contribution in [0.5, 0.6) is 0 Å². The van der Waals surface area contributed by atoms with Crippen molar-refractivity contribution in [1.82, 2.24) is 10.2 Å². The Kier molecular flexibility index (Phi) is 4.22. The molecule has 23 heavy (non-hydrogen) atoms. The third-order valence-corrected chi connectivity index (χ3v) is 4.68. The van der Waals surface area contributed by atoms with Gasteiger partial charge in [0, 0.05) is 28.6 Å². The topological polar surface area (TPSA) is 61.4 Å². The molecular weight excluding hydrogens is 290 g/mol. The summed E-state index contributed by atoms with van der Waals surface area (Å²) in [7, 11) is 2.13. The van der Waals surface area contributed by atoms with E-state index < -0.39 is 0 Å². The van der Waals surface area contributed by atoms with E-state index in [1.54, 1.807) is 19.1 Å². The lowest BCUT2D eigenvalue weighted by Crippen LogP contribution is -2.40. The summed E-state index contributed by atoms with van der Waals surface area (Å²) in [6.07, 6.45) is 2.15. The first-order valence-corrected chi connectivity index (χ1v) is 8.08. The molecule has 1 amide bonds. The highest BCUT2D eigenvalue weighted by atomic mass is 16.2. The number of hydrogen-bond donors (Lipinski definition) is 2. The van der Waals surface area contributed by atoms with Gasteiger partial charge in [-0.3, -0.25) is 9.59 Å². The molecule has 0 bridgehead atoms. The SMILES string of the molecule is CC(=O)c1ccc2c(c1)/C(=C(/C)NC1CCN(C)CC1)C(=O)N2. The molecule has 0 saturated carbocycles. The molecule has 2 N–H and O–H groups in total. The van der Waals surface area contributed by atoms with Gasteiger partial charge in [-0.1, -0.05) is 0 Å². The summed E-state index contributed by atoms with van der Waals surface area (Å²) in [5, 5.41) is 6.39. The number of fused-ring (bicyclic) bond motifs is 1. The minimum atomic E-state index is -0.0985. The van der Waals surface area contributed by atoms with Gasteiger partial charge in [-0.05, 0) is 65.0 Å². The second kappa shape index (κ2) is 6.16. The molecule has 1 fully saturated rings. The molecular formula is C18H23N3O2. The molecule has 122 valence electrons. The number of amides is 1. The largest absolute Gasteiger partial charge is 0.385 e. The molecule has 3 rings (SSSR count). The molecule has 2 aliphatic rings. The van der Waals surface area contributed by atoms with Crippen molar-refractivity contribution in [3.63, 3.8) is 0 Å². The molecule has 0 spiro atoms. The van der Waals surface area contributed by atoms with Crippen LogP contribution in [0.15, 0.2) is 23.9 Å². The maximum absolute atomic E-state index is 12.3. The van der Waals surface area contributed by atoms with Gasteiger partial charge in [0.15, 0.2) is 5.78 Å². The Morgan fingerprint density at radius 3 is 2.61 bits per heavy atom. The van der Waals surface area contributed by atoms with Crippen LogP contribution in [-0.4, -0.2) is 42.8 Å². The van der Waals surface area contributed by atoms with Crippen LogP contribution in [0.3, 0.4) is 0 Å². The smallest absolute Gasteiger partial charge is 0.258 e. The van der Waals surface area contributed by atoms with Crippen molar-refractivity contribution in [2.75, 3.05) is 25.5 Å². The average molecular weight is 313 g/mol. The van der Waals surface area contributed by atoms with E-state index in [2.05, 4.69) is 22.6 Å². The Balaban J connectivity index is 1.88. The minimum Gasteiger partial charge on any atom is -0.385 e. The fourth-order valence-corrected chi connectivity index (χ4v) is 3.29. The molecule has 5 heteroatoms. The van der Waals surface area contributed by atoms with Crippen molar-refractivity contribution < 1.29 is 9.59 Å². The molecule has 0 aromatic heterocycles. The van der Waals surface area contributed by atoms with Gasteiger partial charge in [-0.2, -0.15) is 0 Å². The number of nitrogens with one attached hydrogen (secondary N) is 2. The van der Waals surface area contributed by atoms with E-state index in [1.165, 1.54) is 0 Å². The number of ketones is 1. The van der Waals surface area contributed by atoms with Gasteiger partial charge in [-0.15, -0.1) is 0 Å². The molecule has 0 unspecified atom stereocenters. The highest BCUT2D eigenvalue weighted by Crippen LogP contribution is 2.34. The second-order valence-corrected chi connectivity index (χ2v) is 6.49. The normalized spacial score (nSPS) is 20.9. The Bertz CT molecular complexity index is 686. The van der Waals surface area contributed by atoms with E-state index in [4.69, 9.17) is 0 Å². The fourth-order valence-electron chi connectivity index (χ4n) is 3.29. The number of nitrogens with zero attached hydrogens (tertiary/aromatic N) is 1. The number of benzene rings is 1. The number of piperidine rings is 1. The van der Waals surface area contributed by atoms with E-state index >= 15 is 0 Å². The minimum absolute atomic E-state index is 0.00688. The fraction of sp³-hybridized carbons (Fsp3) is 0.444. The maximum Gasteiger partial charge on any atom is 0.258 e. The quantitative estimate of drug-likeness (QED) is 0.664. The van der Waals surface area contributed by atoms with Crippen LogP contribution in [0.1, 0.15) is 42.6 Å². The summed E-state index contributed by atoms with van der Waals surface area (Å²) >= 11 is 0. The standard InChI is InChI=1S/C18H23N3O2/c1-11(19-14-6-8-21(3)9-7-14)17-15-10-13(12(2)22)4-5-16(15)20-18(17)23/h4-5,10,14,19H,6-9H2,1-3H3,(H,20,23)/b17-11+. The lowest BCUT2D eigenvalue weighted by Gasteiger charge is -2.30. The summed E-state index contributed by atoms with van der Waals surface area (Å²) in [5.41, 5.74) is 3.77. The summed E-state index contributed by atoms with van der Waals surface area (Å²) < 4.78 is 0. The van der Waals surface area contributed by atoms with Gasteiger partial charge in [0.25, 0.3) is 5.91 Å². The summed E-state index contributed by atoms with van der Waals surface area (Å²) in [4.78, 5) is 26.3. The lowest BCUT2D eigenvalue weighted by molar-refractivity contribution is -0.110. The Hall–Kier alpha value is -2.14. The number of likely N-dealkylation sites (tertiary alicyclic amines) is 1. The lowest BCUT2D eigenvalue weighted by atomic mass is 9.99. The Labute approximate surface area is 136 Å². The number of carbonyl (C=O) groups excluding carboxylic acids is 2. The van der Waals surface area contributed by atoms with Crippen LogP contribution < -0.4 is 10.6 Å². The predicted molar refractivity (Wildman–Crippen MR) is 91.3 cm³/mol. The zero-order valence-electron chi connectivity index (χ0n) is 13.9. The second-order valence-electron chi connectivity index (χ2n) is 6.49.